The molecule has 0 radical (unpaired) electrons. The van der Waals surface area contributed by atoms with Gasteiger partial charge in [-0.25, -0.2) is 9.59 Å². The first kappa shape index (κ1) is 16.2. The van der Waals surface area contributed by atoms with Crippen LogP contribution < -0.4 is 10.6 Å². The highest BCUT2D eigenvalue weighted by molar-refractivity contribution is 6.00. The third-order valence-electron chi connectivity index (χ3n) is 3.11. The van der Waals surface area contributed by atoms with Crippen LogP contribution in [0, 0.1) is 0 Å². The van der Waals surface area contributed by atoms with E-state index in [0.717, 1.165) is 0 Å². The highest BCUT2D eigenvalue weighted by atomic mass is 16.5. The van der Waals surface area contributed by atoms with E-state index in [2.05, 4.69) is 15.4 Å². The summed E-state index contributed by atoms with van der Waals surface area (Å²) in [4.78, 5) is 34.4. The van der Waals surface area contributed by atoms with E-state index in [0.29, 0.717) is 22.5 Å². The maximum Gasteiger partial charge on any atom is 0.337 e. The van der Waals surface area contributed by atoms with Crippen LogP contribution in [-0.2, 0) is 4.74 Å². The number of carbonyl (C=O) groups is 3. The van der Waals surface area contributed by atoms with Gasteiger partial charge in [-0.05, 0) is 55.5 Å². The Kier molecular flexibility index (Phi) is 5.09. The van der Waals surface area contributed by atoms with Crippen LogP contribution in [-0.4, -0.2) is 24.9 Å². The first-order valence-corrected chi connectivity index (χ1v) is 6.87. The van der Waals surface area contributed by atoms with Gasteiger partial charge >= 0.3 is 12.0 Å². The van der Waals surface area contributed by atoms with E-state index in [9.17, 15) is 14.4 Å². The van der Waals surface area contributed by atoms with Crippen LogP contribution >= 0.6 is 0 Å². The van der Waals surface area contributed by atoms with E-state index in [4.69, 9.17) is 0 Å². The van der Waals surface area contributed by atoms with E-state index in [-0.39, 0.29) is 5.78 Å². The average molecular weight is 312 g/mol. The Hall–Kier alpha value is -3.15. The monoisotopic (exact) mass is 312 g/mol. The third-order valence-corrected chi connectivity index (χ3v) is 3.11. The van der Waals surface area contributed by atoms with Crippen molar-refractivity contribution in [2.75, 3.05) is 17.7 Å². The molecule has 0 saturated heterocycles. The summed E-state index contributed by atoms with van der Waals surface area (Å²) in [6, 6.07) is 12.5. The predicted octanol–water partition coefficient (Wildman–Crippen LogP) is 3.32. The van der Waals surface area contributed by atoms with Crippen molar-refractivity contribution in [1.29, 1.82) is 0 Å². The Morgan fingerprint density at radius 1 is 0.783 bits per heavy atom. The van der Waals surface area contributed by atoms with E-state index >= 15 is 0 Å². The largest absolute Gasteiger partial charge is 0.465 e. The van der Waals surface area contributed by atoms with Gasteiger partial charge in [0, 0.05) is 16.9 Å². The Morgan fingerprint density at radius 3 is 1.61 bits per heavy atom. The minimum absolute atomic E-state index is 0.0355. The summed E-state index contributed by atoms with van der Waals surface area (Å²) in [5.74, 6) is -0.474. The number of ether oxygens (including phenoxy) is 1. The zero-order valence-corrected chi connectivity index (χ0v) is 12.8. The van der Waals surface area contributed by atoms with Crippen molar-refractivity contribution in [2.45, 2.75) is 6.92 Å². The third kappa shape index (κ3) is 4.41. The predicted molar refractivity (Wildman–Crippen MR) is 86.9 cm³/mol. The number of carbonyl (C=O) groups excluding carboxylic acids is 3. The van der Waals surface area contributed by atoms with Gasteiger partial charge in [0.1, 0.15) is 0 Å². The highest BCUT2D eigenvalue weighted by Crippen LogP contribution is 2.13. The molecule has 2 rings (SSSR count). The molecule has 0 aliphatic carbocycles. The quantitative estimate of drug-likeness (QED) is 0.670. The fourth-order valence-corrected chi connectivity index (χ4v) is 1.89. The van der Waals surface area contributed by atoms with Crippen LogP contribution in [0.5, 0.6) is 0 Å². The maximum absolute atomic E-state index is 11.9. The number of esters is 1. The SMILES string of the molecule is COC(=O)c1ccc(NC(=O)Nc2ccc(C(C)=O)cc2)cc1. The van der Waals surface area contributed by atoms with Gasteiger partial charge in [-0.2, -0.15) is 0 Å². The van der Waals surface area contributed by atoms with Crippen molar-refractivity contribution in [2.24, 2.45) is 0 Å². The molecular formula is C17H16N2O4. The van der Waals surface area contributed by atoms with Crippen LogP contribution in [0.25, 0.3) is 0 Å². The molecule has 0 unspecified atom stereocenters. The van der Waals surface area contributed by atoms with Gasteiger partial charge in [-0.1, -0.05) is 0 Å². The van der Waals surface area contributed by atoms with Crippen LogP contribution in [0.1, 0.15) is 27.6 Å². The summed E-state index contributed by atoms with van der Waals surface area (Å²) in [5.41, 5.74) is 2.09. The fraction of sp³-hybridized carbons (Fsp3) is 0.118. The summed E-state index contributed by atoms with van der Waals surface area (Å²) < 4.78 is 4.60. The molecule has 23 heavy (non-hydrogen) atoms. The maximum atomic E-state index is 11.9. The first-order chi connectivity index (χ1) is 11.0. The van der Waals surface area contributed by atoms with E-state index in [1.165, 1.54) is 14.0 Å². The standard InChI is InChI=1S/C17H16N2O4/c1-11(20)12-3-7-14(8-4-12)18-17(22)19-15-9-5-13(6-10-15)16(21)23-2/h3-10H,1-2H3,(H2,18,19,22). The molecule has 0 atom stereocenters. The van der Waals surface area contributed by atoms with Gasteiger partial charge in [-0.15, -0.1) is 0 Å². The number of benzene rings is 2. The second kappa shape index (κ2) is 7.22. The molecule has 0 heterocycles. The number of methoxy groups -OCH3 is 1. The average Bonchev–Trinajstić information content (AvgIpc) is 2.55. The Balaban J connectivity index is 1.96. The van der Waals surface area contributed by atoms with Crippen molar-refractivity contribution < 1.29 is 19.1 Å². The summed E-state index contributed by atoms with van der Waals surface area (Å²) in [6.45, 7) is 1.48. The Bertz CT molecular complexity index is 721. The lowest BCUT2D eigenvalue weighted by Gasteiger charge is -2.08. The number of urea groups is 1. The molecule has 0 aliphatic rings. The van der Waals surface area contributed by atoms with Crippen molar-refractivity contribution in [3.63, 3.8) is 0 Å². The molecule has 6 heteroatoms. The summed E-state index contributed by atoms with van der Waals surface area (Å²) in [7, 11) is 1.30. The molecule has 0 fully saturated rings. The summed E-state index contributed by atoms with van der Waals surface area (Å²) >= 11 is 0. The van der Waals surface area contributed by atoms with Crippen molar-refractivity contribution >= 4 is 29.2 Å². The topological polar surface area (TPSA) is 84.5 Å². The van der Waals surface area contributed by atoms with Gasteiger partial charge < -0.3 is 15.4 Å². The molecule has 6 nitrogen and oxygen atoms in total. The molecule has 2 aromatic rings. The van der Waals surface area contributed by atoms with Gasteiger partial charge in [0.25, 0.3) is 0 Å². The molecule has 0 spiro atoms. The minimum atomic E-state index is -0.438. The van der Waals surface area contributed by atoms with Gasteiger partial charge in [0.05, 0.1) is 12.7 Å². The lowest BCUT2D eigenvalue weighted by atomic mass is 10.1. The van der Waals surface area contributed by atoms with Gasteiger partial charge in [-0.3, -0.25) is 4.79 Å². The number of hydrogen-bond donors (Lipinski definition) is 2. The number of ketones is 1. The van der Waals surface area contributed by atoms with E-state index < -0.39 is 12.0 Å². The lowest BCUT2D eigenvalue weighted by Crippen LogP contribution is -2.19. The van der Waals surface area contributed by atoms with E-state index in [1.54, 1.807) is 48.5 Å². The molecule has 2 aromatic carbocycles. The van der Waals surface area contributed by atoms with Crippen LogP contribution in [0.15, 0.2) is 48.5 Å². The van der Waals surface area contributed by atoms with Crippen LogP contribution in [0.3, 0.4) is 0 Å². The first-order valence-electron chi connectivity index (χ1n) is 6.87. The van der Waals surface area contributed by atoms with Crippen LogP contribution in [0.2, 0.25) is 0 Å². The van der Waals surface area contributed by atoms with Crippen LogP contribution in [0.4, 0.5) is 16.2 Å². The fourth-order valence-electron chi connectivity index (χ4n) is 1.89. The number of amides is 2. The molecule has 0 aliphatic heterocycles. The normalized spacial score (nSPS) is 9.83. The molecule has 118 valence electrons. The number of nitrogens with one attached hydrogen (secondary N) is 2. The number of anilines is 2. The molecule has 2 N–H and O–H groups in total. The summed E-state index contributed by atoms with van der Waals surface area (Å²) in [5, 5.41) is 5.29. The number of rotatable bonds is 4. The minimum Gasteiger partial charge on any atom is -0.465 e. The van der Waals surface area contributed by atoms with Crippen molar-refractivity contribution in [3.05, 3.63) is 59.7 Å². The van der Waals surface area contributed by atoms with E-state index in [1.807, 2.05) is 0 Å². The summed E-state index contributed by atoms with van der Waals surface area (Å²) in [6.07, 6.45) is 0. The lowest BCUT2D eigenvalue weighted by molar-refractivity contribution is 0.0600. The molecule has 2 amide bonds. The zero-order valence-electron chi connectivity index (χ0n) is 12.8. The molecule has 0 aromatic heterocycles. The van der Waals surface area contributed by atoms with Crippen molar-refractivity contribution in [3.8, 4) is 0 Å². The Labute approximate surface area is 133 Å². The second-order valence-electron chi connectivity index (χ2n) is 4.78. The second-order valence-corrected chi connectivity index (χ2v) is 4.78. The molecule has 0 bridgehead atoms. The number of hydrogen-bond acceptors (Lipinski definition) is 4. The molecule has 0 saturated carbocycles. The highest BCUT2D eigenvalue weighted by Gasteiger charge is 2.07. The van der Waals surface area contributed by atoms with Crippen molar-refractivity contribution in [1.82, 2.24) is 0 Å². The van der Waals surface area contributed by atoms with Gasteiger partial charge in [0.15, 0.2) is 5.78 Å². The zero-order chi connectivity index (χ0) is 16.8. The smallest absolute Gasteiger partial charge is 0.337 e. The van der Waals surface area contributed by atoms with Gasteiger partial charge in [0.2, 0.25) is 0 Å². The Morgan fingerprint density at radius 2 is 1.22 bits per heavy atom. The number of Topliss-reactive ketones (excluding diaryl/α,β-unsaturated/α-hetero) is 1. The molecular weight excluding hydrogens is 296 g/mol.